The number of carbonyl (C=O) groups is 2. The Morgan fingerprint density at radius 1 is 1.32 bits per heavy atom. The van der Waals surface area contributed by atoms with Gasteiger partial charge in [0.1, 0.15) is 10.0 Å². The first-order valence-corrected chi connectivity index (χ1v) is 5.88. The van der Waals surface area contributed by atoms with E-state index in [4.69, 9.17) is 28.9 Å². The van der Waals surface area contributed by atoms with Gasteiger partial charge in [0.05, 0.1) is 11.6 Å². The number of nitrogens with zero attached hydrogens (tertiary/aromatic N) is 2. The van der Waals surface area contributed by atoms with E-state index in [0.29, 0.717) is 0 Å². The van der Waals surface area contributed by atoms with Crippen molar-refractivity contribution in [1.82, 2.24) is 4.98 Å². The molecule has 1 aliphatic heterocycles. The van der Waals surface area contributed by atoms with Crippen LogP contribution in [0.3, 0.4) is 0 Å². The second kappa shape index (κ2) is 4.90. The van der Waals surface area contributed by atoms with Crippen molar-refractivity contribution in [3.63, 3.8) is 0 Å². The summed E-state index contributed by atoms with van der Waals surface area (Å²) >= 11 is 11.3. The molecule has 1 saturated heterocycles. The van der Waals surface area contributed by atoms with Crippen LogP contribution in [0, 0.1) is 17.8 Å². The third kappa shape index (κ3) is 2.35. The number of primary amides is 1. The molecule has 0 aromatic carbocycles. The summed E-state index contributed by atoms with van der Waals surface area (Å²) in [6.07, 6.45) is -0.159. The van der Waals surface area contributed by atoms with Gasteiger partial charge in [-0.15, -0.1) is 0 Å². The monoisotopic (exact) mass is 309 g/mol. The van der Waals surface area contributed by atoms with Crippen LogP contribution in [-0.4, -0.2) is 23.3 Å². The van der Waals surface area contributed by atoms with Crippen LogP contribution in [0.2, 0.25) is 10.0 Å². The standard InChI is InChI=1S/C10H7Cl2F2N3O2/c11-5-7(6(12)9(14)16-8(5)13)17-2-3(10(15)19)1-4(17)18/h3H,1-2H2,(H2,15,19). The number of hydrogen-bond acceptors (Lipinski definition) is 3. The fourth-order valence-corrected chi connectivity index (χ4v) is 2.35. The highest BCUT2D eigenvalue weighted by atomic mass is 35.5. The predicted octanol–water partition coefficient (Wildman–Crippen LogP) is 1.50. The molecule has 2 amide bonds. The Morgan fingerprint density at radius 2 is 1.84 bits per heavy atom. The van der Waals surface area contributed by atoms with Crippen LogP contribution in [0.1, 0.15) is 6.42 Å². The maximum absolute atomic E-state index is 13.3. The van der Waals surface area contributed by atoms with Gasteiger partial charge in [-0.05, 0) is 0 Å². The van der Waals surface area contributed by atoms with Crippen LogP contribution < -0.4 is 10.6 Å². The average Bonchev–Trinajstić information content (AvgIpc) is 2.70. The lowest BCUT2D eigenvalue weighted by molar-refractivity contribution is -0.123. The summed E-state index contributed by atoms with van der Waals surface area (Å²) in [6.45, 7) is -0.128. The molecule has 1 atom stereocenters. The molecule has 1 fully saturated rings. The summed E-state index contributed by atoms with van der Waals surface area (Å²) in [5.41, 5.74) is 4.76. The number of halogens is 4. The zero-order valence-corrected chi connectivity index (χ0v) is 10.8. The highest BCUT2D eigenvalue weighted by Crippen LogP contribution is 2.39. The van der Waals surface area contributed by atoms with E-state index in [1.807, 2.05) is 0 Å². The quantitative estimate of drug-likeness (QED) is 0.841. The van der Waals surface area contributed by atoms with Gasteiger partial charge in [-0.25, -0.2) is 0 Å². The molecule has 0 radical (unpaired) electrons. The average molecular weight is 310 g/mol. The molecule has 0 spiro atoms. The van der Waals surface area contributed by atoms with Crippen molar-refractivity contribution in [2.24, 2.45) is 11.7 Å². The molecule has 102 valence electrons. The Kier molecular flexibility index (Phi) is 3.60. The summed E-state index contributed by atoms with van der Waals surface area (Å²) in [4.78, 5) is 26.6. The fourth-order valence-electron chi connectivity index (χ4n) is 1.83. The number of hydrogen-bond donors (Lipinski definition) is 1. The molecule has 9 heteroatoms. The second-order valence-corrected chi connectivity index (χ2v) is 4.73. The zero-order chi connectivity index (χ0) is 14.3. The number of rotatable bonds is 2. The van der Waals surface area contributed by atoms with Gasteiger partial charge in [0.25, 0.3) is 0 Å². The fraction of sp³-hybridized carbons (Fsp3) is 0.300. The highest BCUT2D eigenvalue weighted by Gasteiger charge is 2.37. The Labute approximate surface area is 116 Å². The van der Waals surface area contributed by atoms with Crippen molar-refractivity contribution in [1.29, 1.82) is 0 Å². The molecule has 0 saturated carbocycles. The molecule has 1 aromatic rings. The van der Waals surface area contributed by atoms with Crippen LogP contribution in [0.4, 0.5) is 14.5 Å². The largest absolute Gasteiger partial charge is 0.369 e. The van der Waals surface area contributed by atoms with Crippen LogP contribution in [-0.2, 0) is 9.59 Å². The van der Waals surface area contributed by atoms with Gasteiger partial charge in [0.2, 0.25) is 23.7 Å². The zero-order valence-electron chi connectivity index (χ0n) is 9.29. The Morgan fingerprint density at radius 3 is 2.26 bits per heavy atom. The predicted molar refractivity (Wildman–Crippen MR) is 63.8 cm³/mol. The second-order valence-electron chi connectivity index (χ2n) is 3.98. The van der Waals surface area contributed by atoms with Crippen molar-refractivity contribution < 1.29 is 18.4 Å². The molecule has 1 aromatic heterocycles. The van der Waals surface area contributed by atoms with Crippen LogP contribution in [0.25, 0.3) is 0 Å². The first-order chi connectivity index (χ1) is 8.82. The van der Waals surface area contributed by atoms with Gasteiger partial charge in [-0.3, -0.25) is 9.59 Å². The smallest absolute Gasteiger partial charge is 0.236 e. The molecule has 2 rings (SSSR count). The van der Waals surface area contributed by atoms with Gasteiger partial charge in [-0.2, -0.15) is 13.8 Å². The maximum Gasteiger partial charge on any atom is 0.236 e. The van der Waals surface area contributed by atoms with E-state index in [1.54, 1.807) is 0 Å². The van der Waals surface area contributed by atoms with Crippen molar-refractivity contribution in [3.05, 3.63) is 21.9 Å². The molecule has 1 unspecified atom stereocenters. The lowest BCUT2D eigenvalue weighted by atomic mass is 10.1. The van der Waals surface area contributed by atoms with Gasteiger partial charge in [-0.1, -0.05) is 23.2 Å². The Balaban J connectivity index is 2.48. The summed E-state index contributed by atoms with van der Waals surface area (Å²) in [5.74, 6) is -4.54. The Hall–Kier alpha value is -1.47. The summed E-state index contributed by atoms with van der Waals surface area (Å²) in [5, 5.41) is -1.16. The van der Waals surface area contributed by atoms with Crippen LogP contribution in [0.5, 0.6) is 0 Å². The molecule has 2 N–H and O–H groups in total. The molecular formula is C10H7Cl2F2N3O2. The Bertz CT molecular complexity index is 556. The number of amides is 2. The number of pyridine rings is 1. The number of nitrogens with two attached hydrogens (primary N) is 1. The molecule has 19 heavy (non-hydrogen) atoms. The van der Waals surface area contributed by atoms with Gasteiger partial charge >= 0.3 is 0 Å². The third-order valence-corrected chi connectivity index (χ3v) is 3.44. The van der Waals surface area contributed by atoms with E-state index in [-0.39, 0.29) is 18.7 Å². The number of carbonyl (C=O) groups excluding carboxylic acids is 2. The topological polar surface area (TPSA) is 76.3 Å². The van der Waals surface area contributed by atoms with Gasteiger partial charge in [0.15, 0.2) is 0 Å². The normalized spacial score (nSPS) is 19.1. The van der Waals surface area contributed by atoms with E-state index in [9.17, 15) is 18.4 Å². The van der Waals surface area contributed by atoms with Crippen molar-refractivity contribution >= 4 is 40.7 Å². The lowest BCUT2D eigenvalue weighted by Gasteiger charge is -2.19. The molecule has 2 heterocycles. The van der Waals surface area contributed by atoms with E-state index in [2.05, 4.69) is 4.98 Å². The molecular weight excluding hydrogens is 303 g/mol. The summed E-state index contributed by atoms with van der Waals surface area (Å²) in [7, 11) is 0. The van der Waals surface area contributed by atoms with Crippen molar-refractivity contribution in [2.75, 3.05) is 11.4 Å². The van der Waals surface area contributed by atoms with E-state index in [1.165, 1.54) is 0 Å². The summed E-state index contributed by atoms with van der Waals surface area (Å²) in [6, 6.07) is 0. The minimum atomic E-state index is -1.28. The van der Waals surface area contributed by atoms with E-state index in [0.717, 1.165) is 4.90 Å². The first kappa shape index (κ1) is 14.0. The first-order valence-electron chi connectivity index (χ1n) is 5.12. The third-order valence-electron chi connectivity index (χ3n) is 2.77. The maximum atomic E-state index is 13.3. The molecule has 5 nitrogen and oxygen atoms in total. The molecule has 1 aliphatic rings. The minimum absolute atomic E-state index is 0.128. The SMILES string of the molecule is NC(=O)C1CC(=O)N(c2c(Cl)c(F)nc(F)c2Cl)C1. The van der Waals surface area contributed by atoms with Crippen molar-refractivity contribution in [3.8, 4) is 0 Å². The highest BCUT2D eigenvalue weighted by molar-refractivity contribution is 6.40. The van der Waals surface area contributed by atoms with Gasteiger partial charge in [0, 0.05) is 13.0 Å². The van der Waals surface area contributed by atoms with Crippen LogP contribution in [0.15, 0.2) is 0 Å². The van der Waals surface area contributed by atoms with Crippen LogP contribution >= 0.6 is 23.2 Å². The van der Waals surface area contributed by atoms with Gasteiger partial charge < -0.3 is 10.6 Å². The lowest BCUT2D eigenvalue weighted by Crippen LogP contribution is -2.29. The molecule has 0 aliphatic carbocycles. The van der Waals surface area contributed by atoms with E-state index < -0.39 is 39.7 Å². The number of anilines is 1. The minimum Gasteiger partial charge on any atom is -0.369 e. The van der Waals surface area contributed by atoms with E-state index >= 15 is 0 Å². The van der Waals surface area contributed by atoms with Crippen molar-refractivity contribution in [2.45, 2.75) is 6.42 Å². The summed E-state index contributed by atoms with van der Waals surface area (Å²) < 4.78 is 26.6. The molecule has 0 bridgehead atoms. The number of aromatic nitrogens is 1.